The highest BCUT2D eigenvalue weighted by Gasteiger charge is 2.24. The standard InChI is InChI=1S/C11H20N2O/c14-11(8-9-2-3-9)13-7-1-6-12-10-4-5-10/h9-10,12H,1-8H2,(H,13,14). The van der Waals surface area contributed by atoms with E-state index in [2.05, 4.69) is 10.6 Å². The first kappa shape index (κ1) is 9.97. The van der Waals surface area contributed by atoms with Crippen molar-refractivity contribution in [1.29, 1.82) is 0 Å². The molecule has 0 saturated heterocycles. The van der Waals surface area contributed by atoms with Crippen LogP contribution in [0.4, 0.5) is 0 Å². The van der Waals surface area contributed by atoms with Crippen LogP contribution in [0.1, 0.15) is 38.5 Å². The van der Waals surface area contributed by atoms with Crippen LogP contribution in [0.2, 0.25) is 0 Å². The number of carbonyl (C=O) groups is 1. The normalized spacial score (nSPS) is 20.9. The van der Waals surface area contributed by atoms with E-state index in [4.69, 9.17) is 0 Å². The van der Waals surface area contributed by atoms with Gasteiger partial charge >= 0.3 is 0 Å². The molecular formula is C11H20N2O. The van der Waals surface area contributed by atoms with Gasteiger partial charge in [-0.15, -0.1) is 0 Å². The van der Waals surface area contributed by atoms with Crippen LogP contribution >= 0.6 is 0 Å². The second kappa shape index (κ2) is 4.78. The van der Waals surface area contributed by atoms with Crippen LogP contribution in [0.15, 0.2) is 0 Å². The van der Waals surface area contributed by atoms with Crippen LogP contribution < -0.4 is 10.6 Å². The summed E-state index contributed by atoms with van der Waals surface area (Å²) in [5.41, 5.74) is 0. The molecule has 3 nitrogen and oxygen atoms in total. The Hall–Kier alpha value is -0.570. The van der Waals surface area contributed by atoms with Crippen molar-refractivity contribution in [3.05, 3.63) is 0 Å². The van der Waals surface area contributed by atoms with Crippen LogP contribution in [-0.4, -0.2) is 25.0 Å². The molecule has 2 aliphatic carbocycles. The molecule has 0 bridgehead atoms. The molecule has 14 heavy (non-hydrogen) atoms. The molecule has 3 heteroatoms. The highest BCUT2D eigenvalue weighted by molar-refractivity contribution is 5.76. The summed E-state index contributed by atoms with van der Waals surface area (Å²) in [7, 11) is 0. The second-order valence-electron chi connectivity index (χ2n) is 4.58. The number of nitrogens with one attached hydrogen (secondary N) is 2. The molecule has 0 atom stereocenters. The molecule has 2 saturated carbocycles. The van der Waals surface area contributed by atoms with Crippen molar-refractivity contribution >= 4 is 5.91 Å². The molecular weight excluding hydrogens is 176 g/mol. The zero-order chi connectivity index (χ0) is 9.80. The molecule has 2 N–H and O–H groups in total. The summed E-state index contributed by atoms with van der Waals surface area (Å²) >= 11 is 0. The molecule has 1 amide bonds. The zero-order valence-corrected chi connectivity index (χ0v) is 8.72. The van der Waals surface area contributed by atoms with Crippen molar-refractivity contribution in [3.8, 4) is 0 Å². The van der Waals surface area contributed by atoms with Crippen LogP contribution in [0.25, 0.3) is 0 Å². The first-order valence-electron chi connectivity index (χ1n) is 5.84. The molecule has 2 fully saturated rings. The van der Waals surface area contributed by atoms with Crippen molar-refractivity contribution < 1.29 is 4.79 Å². The maximum atomic E-state index is 11.3. The number of carbonyl (C=O) groups excluding carboxylic acids is 1. The van der Waals surface area contributed by atoms with Gasteiger partial charge in [-0.05, 0) is 44.6 Å². The first-order chi connectivity index (χ1) is 6.84. The van der Waals surface area contributed by atoms with E-state index in [-0.39, 0.29) is 5.91 Å². The summed E-state index contributed by atoms with van der Waals surface area (Å²) in [4.78, 5) is 11.3. The van der Waals surface area contributed by atoms with Crippen LogP contribution in [0, 0.1) is 5.92 Å². The van der Waals surface area contributed by atoms with E-state index in [1.54, 1.807) is 0 Å². The Morgan fingerprint density at radius 2 is 1.93 bits per heavy atom. The Labute approximate surface area is 85.6 Å². The van der Waals surface area contributed by atoms with Gasteiger partial charge in [0.2, 0.25) is 5.91 Å². The summed E-state index contributed by atoms with van der Waals surface area (Å²) in [6.07, 6.45) is 7.03. The Kier molecular flexibility index (Phi) is 3.40. The maximum absolute atomic E-state index is 11.3. The average Bonchev–Trinajstić information content (AvgIpc) is 2.97. The third-order valence-electron chi connectivity index (χ3n) is 2.86. The van der Waals surface area contributed by atoms with Crippen LogP contribution in [-0.2, 0) is 4.79 Å². The molecule has 0 radical (unpaired) electrons. The summed E-state index contributed by atoms with van der Waals surface area (Å²) in [5, 5.41) is 6.40. The van der Waals surface area contributed by atoms with E-state index in [0.29, 0.717) is 5.92 Å². The Balaban J connectivity index is 1.39. The fourth-order valence-electron chi connectivity index (χ4n) is 1.57. The van der Waals surface area contributed by atoms with Crippen molar-refractivity contribution in [3.63, 3.8) is 0 Å². The van der Waals surface area contributed by atoms with Gasteiger partial charge in [0.05, 0.1) is 0 Å². The molecule has 2 aliphatic rings. The van der Waals surface area contributed by atoms with Crippen molar-refractivity contribution in [1.82, 2.24) is 10.6 Å². The fraction of sp³-hybridized carbons (Fsp3) is 0.909. The molecule has 0 heterocycles. The third-order valence-corrected chi connectivity index (χ3v) is 2.86. The van der Waals surface area contributed by atoms with E-state index in [1.807, 2.05) is 0 Å². The maximum Gasteiger partial charge on any atom is 0.220 e. The first-order valence-corrected chi connectivity index (χ1v) is 5.84. The fourth-order valence-corrected chi connectivity index (χ4v) is 1.57. The number of rotatable bonds is 7. The third kappa shape index (κ3) is 4.09. The van der Waals surface area contributed by atoms with E-state index in [0.717, 1.165) is 32.0 Å². The molecule has 2 rings (SSSR count). The van der Waals surface area contributed by atoms with Crippen LogP contribution in [0.3, 0.4) is 0 Å². The summed E-state index contributed by atoms with van der Waals surface area (Å²) in [6.45, 7) is 1.89. The topological polar surface area (TPSA) is 41.1 Å². The van der Waals surface area contributed by atoms with Gasteiger partial charge in [-0.25, -0.2) is 0 Å². The van der Waals surface area contributed by atoms with Gasteiger partial charge in [0.1, 0.15) is 0 Å². The van der Waals surface area contributed by atoms with Gasteiger partial charge in [-0.1, -0.05) is 0 Å². The lowest BCUT2D eigenvalue weighted by molar-refractivity contribution is -0.121. The van der Waals surface area contributed by atoms with Gasteiger partial charge in [0.15, 0.2) is 0 Å². The monoisotopic (exact) mass is 196 g/mol. The predicted molar refractivity (Wildman–Crippen MR) is 56.0 cm³/mol. The molecule has 0 spiro atoms. The Morgan fingerprint density at radius 1 is 1.14 bits per heavy atom. The quantitative estimate of drug-likeness (QED) is 0.597. The lowest BCUT2D eigenvalue weighted by Gasteiger charge is -2.05. The summed E-state index contributed by atoms with van der Waals surface area (Å²) in [5.74, 6) is 0.957. The second-order valence-corrected chi connectivity index (χ2v) is 4.58. The largest absolute Gasteiger partial charge is 0.356 e. The lowest BCUT2D eigenvalue weighted by atomic mass is 10.3. The highest BCUT2D eigenvalue weighted by Crippen LogP contribution is 2.31. The minimum atomic E-state index is 0.249. The van der Waals surface area contributed by atoms with E-state index < -0.39 is 0 Å². The SMILES string of the molecule is O=C(CC1CC1)NCCCNC1CC1. The van der Waals surface area contributed by atoms with E-state index in [1.165, 1.54) is 25.7 Å². The van der Waals surface area contributed by atoms with E-state index >= 15 is 0 Å². The summed E-state index contributed by atoms with van der Waals surface area (Å²) < 4.78 is 0. The zero-order valence-electron chi connectivity index (χ0n) is 8.72. The Bertz CT molecular complexity index is 197. The summed E-state index contributed by atoms with van der Waals surface area (Å²) in [6, 6.07) is 0.789. The van der Waals surface area contributed by atoms with Gasteiger partial charge in [0.25, 0.3) is 0 Å². The van der Waals surface area contributed by atoms with E-state index in [9.17, 15) is 4.79 Å². The predicted octanol–water partition coefficient (Wildman–Crippen LogP) is 1.04. The minimum absolute atomic E-state index is 0.249. The van der Waals surface area contributed by atoms with Gasteiger partial charge < -0.3 is 10.6 Å². The lowest BCUT2D eigenvalue weighted by Crippen LogP contribution is -2.28. The molecule has 0 unspecified atom stereocenters. The van der Waals surface area contributed by atoms with Gasteiger partial charge in [-0.2, -0.15) is 0 Å². The van der Waals surface area contributed by atoms with Gasteiger partial charge in [0, 0.05) is 19.0 Å². The molecule has 0 aromatic rings. The smallest absolute Gasteiger partial charge is 0.220 e. The van der Waals surface area contributed by atoms with Crippen LogP contribution in [0.5, 0.6) is 0 Å². The molecule has 80 valence electrons. The average molecular weight is 196 g/mol. The number of hydrogen-bond donors (Lipinski definition) is 2. The van der Waals surface area contributed by atoms with Crippen molar-refractivity contribution in [2.75, 3.05) is 13.1 Å². The van der Waals surface area contributed by atoms with Crippen molar-refractivity contribution in [2.45, 2.75) is 44.6 Å². The number of amides is 1. The minimum Gasteiger partial charge on any atom is -0.356 e. The molecule has 0 aromatic carbocycles. The Morgan fingerprint density at radius 3 is 2.57 bits per heavy atom. The van der Waals surface area contributed by atoms with Crippen molar-refractivity contribution in [2.24, 2.45) is 5.92 Å². The van der Waals surface area contributed by atoms with Gasteiger partial charge in [-0.3, -0.25) is 4.79 Å². The number of hydrogen-bond acceptors (Lipinski definition) is 2. The molecule has 0 aromatic heterocycles. The molecule has 0 aliphatic heterocycles. The highest BCUT2D eigenvalue weighted by atomic mass is 16.1.